The Kier molecular flexibility index (Phi) is 5.63. The highest BCUT2D eigenvalue weighted by molar-refractivity contribution is 7.09. The van der Waals surface area contributed by atoms with Gasteiger partial charge in [-0.15, -0.1) is 11.3 Å². The molecule has 0 aliphatic heterocycles. The van der Waals surface area contributed by atoms with Crippen LogP contribution in [-0.4, -0.2) is 23.2 Å². The number of benzene rings is 1. The predicted molar refractivity (Wildman–Crippen MR) is 92.8 cm³/mol. The van der Waals surface area contributed by atoms with Crippen molar-refractivity contribution in [3.63, 3.8) is 0 Å². The maximum Gasteiger partial charge on any atom is 0.238 e. The van der Waals surface area contributed by atoms with Crippen LogP contribution in [0.3, 0.4) is 0 Å². The van der Waals surface area contributed by atoms with Crippen molar-refractivity contribution in [3.8, 4) is 0 Å². The van der Waals surface area contributed by atoms with E-state index in [1.165, 1.54) is 6.92 Å². The molecule has 6 heteroatoms. The summed E-state index contributed by atoms with van der Waals surface area (Å²) in [4.78, 5) is 27.9. The van der Waals surface area contributed by atoms with E-state index in [9.17, 15) is 9.59 Å². The van der Waals surface area contributed by atoms with E-state index in [1.807, 2.05) is 12.3 Å². The van der Waals surface area contributed by atoms with E-state index in [2.05, 4.69) is 22.5 Å². The third-order valence-corrected chi connectivity index (χ3v) is 4.84. The van der Waals surface area contributed by atoms with Crippen molar-refractivity contribution < 1.29 is 9.59 Å². The molecule has 2 rings (SSSR count). The highest BCUT2D eigenvalue weighted by Gasteiger charge is 2.27. The molecule has 5 nitrogen and oxygen atoms in total. The first-order valence-electron chi connectivity index (χ1n) is 7.50. The summed E-state index contributed by atoms with van der Waals surface area (Å²) in [6, 6.07) is 6.93. The van der Waals surface area contributed by atoms with E-state index in [-0.39, 0.29) is 23.8 Å². The van der Waals surface area contributed by atoms with Gasteiger partial charge in [0.2, 0.25) is 5.91 Å². The van der Waals surface area contributed by atoms with Gasteiger partial charge in [0, 0.05) is 22.8 Å². The van der Waals surface area contributed by atoms with Crippen LogP contribution in [0.15, 0.2) is 35.8 Å². The zero-order valence-corrected chi connectivity index (χ0v) is 14.4. The molecule has 0 saturated carbocycles. The molecule has 23 heavy (non-hydrogen) atoms. The molecule has 0 aliphatic rings. The van der Waals surface area contributed by atoms with Gasteiger partial charge in [-0.25, -0.2) is 4.98 Å². The molecule has 2 aromatic rings. The number of thiazole rings is 1. The van der Waals surface area contributed by atoms with Crippen LogP contribution < -0.4 is 10.6 Å². The van der Waals surface area contributed by atoms with E-state index in [4.69, 9.17) is 0 Å². The molecule has 0 unspecified atom stereocenters. The molecule has 0 saturated heterocycles. The number of carbonyl (C=O) groups excluding carboxylic acids is 2. The SMILES string of the molecule is CC[C@](C)(NCC(=O)Nc1cccc(C(C)=O)c1)c1nccs1. The molecule has 0 radical (unpaired) electrons. The van der Waals surface area contributed by atoms with Gasteiger partial charge < -0.3 is 5.32 Å². The zero-order valence-electron chi connectivity index (χ0n) is 13.6. The number of hydrogen-bond donors (Lipinski definition) is 2. The smallest absolute Gasteiger partial charge is 0.238 e. The van der Waals surface area contributed by atoms with Crippen LogP contribution in [0.2, 0.25) is 0 Å². The van der Waals surface area contributed by atoms with Crippen molar-refractivity contribution in [2.24, 2.45) is 0 Å². The van der Waals surface area contributed by atoms with Crippen LogP contribution in [0.25, 0.3) is 0 Å². The summed E-state index contributed by atoms with van der Waals surface area (Å²) in [7, 11) is 0. The first kappa shape index (κ1) is 17.3. The van der Waals surface area contributed by atoms with Crippen molar-refractivity contribution in [1.82, 2.24) is 10.3 Å². The third kappa shape index (κ3) is 4.46. The van der Waals surface area contributed by atoms with E-state index in [0.717, 1.165) is 11.4 Å². The van der Waals surface area contributed by atoms with E-state index < -0.39 is 0 Å². The summed E-state index contributed by atoms with van der Waals surface area (Å²) in [5.41, 5.74) is 0.876. The number of rotatable bonds is 7. The largest absolute Gasteiger partial charge is 0.325 e. The first-order chi connectivity index (χ1) is 10.9. The molecular weight excluding hydrogens is 310 g/mol. The second-order valence-corrected chi connectivity index (χ2v) is 6.46. The van der Waals surface area contributed by atoms with E-state index in [1.54, 1.807) is 41.8 Å². The van der Waals surface area contributed by atoms with Crippen LogP contribution in [0.1, 0.15) is 42.6 Å². The first-order valence-corrected chi connectivity index (χ1v) is 8.38. The monoisotopic (exact) mass is 331 g/mol. The summed E-state index contributed by atoms with van der Waals surface area (Å²) in [5, 5.41) is 8.98. The van der Waals surface area contributed by atoms with Crippen LogP contribution in [0, 0.1) is 0 Å². The summed E-state index contributed by atoms with van der Waals surface area (Å²) in [5.74, 6) is -0.177. The van der Waals surface area contributed by atoms with E-state index >= 15 is 0 Å². The van der Waals surface area contributed by atoms with Crippen LogP contribution >= 0.6 is 11.3 Å². The lowest BCUT2D eigenvalue weighted by Gasteiger charge is -2.27. The number of hydrogen-bond acceptors (Lipinski definition) is 5. The summed E-state index contributed by atoms with van der Waals surface area (Å²) >= 11 is 1.57. The average molecular weight is 331 g/mol. The number of anilines is 1. The molecule has 0 bridgehead atoms. The Hall–Kier alpha value is -2.05. The summed E-state index contributed by atoms with van der Waals surface area (Å²) in [6.07, 6.45) is 2.59. The number of carbonyl (C=O) groups is 2. The predicted octanol–water partition coefficient (Wildman–Crippen LogP) is 3.20. The van der Waals surface area contributed by atoms with Crippen molar-refractivity contribution in [2.75, 3.05) is 11.9 Å². The Labute approximate surface area is 140 Å². The van der Waals surface area contributed by atoms with Crippen molar-refractivity contribution in [1.29, 1.82) is 0 Å². The highest BCUT2D eigenvalue weighted by atomic mass is 32.1. The lowest BCUT2D eigenvalue weighted by atomic mass is 10.00. The summed E-state index contributed by atoms with van der Waals surface area (Å²) in [6.45, 7) is 5.77. The minimum atomic E-state index is -0.327. The van der Waals surface area contributed by atoms with Crippen LogP contribution in [0.4, 0.5) is 5.69 Å². The normalized spacial score (nSPS) is 13.3. The van der Waals surface area contributed by atoms with Gasteiger partial charge in [0.1, 0.15) is 5.01 Å². The van der Waals surface area contributed by atoms with E-state index in [0.29, 0.717) is 11.3 Å². The molecule has 1 amide bonds. The molecule has 1 heterocycles. The number of nitrogens with one attached hydrogen (secondary N) is 2. The molecular formula is C17H21N3O2S. The topological polar surface area (TPSA) is 71.1 Å². The highest BCUT2D eigenvalue weighted by Crippen LogP contribution is 2.25. The molecule has 1 aromatic carbocycles. The van der Waals surface area contributed by atoms with Gasteiger partial charge in [0.05, 0.1) is 12.1 Å². The maximum absolute atomic E-state index is 12.2. The number of aromatic nitrogens is 1. The Morgan fingerprint density at radius 3 is 2.74 bits per heavy atom. The number of ketones is 1. The van der Waals surface area contributed by atoms with Crippen molar-refractivity contribution in [3.05, 3.63) is 46.4 Å². The fourth-order valence-electron chi connectivity index (χ4n) is 2.14. The molecule has 0 aliphatic carbocycles. The van der Waals surface area contributed by atoms with Gasteiger partial charge in [0.15, 0.2) is 5.78 Å². The lowest BCUT2D eigenvalue weighted by molar-refractivity contribution is -0.115. The fourth-order valence-corrected chi connectivity index (χ4v) is 2.99. The van der Waals surface area contributed by atoms with Gasteiger partial charge in [0.25, 0.3) is 0 Å². The Bertz CT molecular complexity index is 685. The van der Waals surface area contributed by atoms with Gasteiger partial charge in [-0.05, 0) is 32.4 Å². The van der Waals surface area contributed by atoms with Gasteiger partial charge >= 0.3 is 0 Å². The Balaban J connectivity index is 1.97. The fraction of sp³-hybridized carbons (Fsp3) is 0.353. The van der Waals surface area contributed by atoms with Gasteiger partial charge in [-0.2, -0.15) is 0 Å². The molecule has 1 aromatic heterocycles. The molecule has 0 fully saturated rings. The molecule has 0 spiro atoms. The second kappa shape index (κ2) is 7.48. The number of amides is 1. The average Bonchev–Trinajstić information content (AvgIpc) is 3.08. The molecule has 1 atom stereocenters. The summed E-state index contributed by atoms with van der Waals surface area (Å²) < 4.78 is 0. The molecule has 122 valence electrons. The van der Waals surface area contributed by atoms with Crippen LogP contribution in [-0.2, 0) is 10.3 Å². The maximum atomic E-state index is 12.2. The second-order valence-electron chi connectivity index (χ2n) is 5.56. The third-order valence-electron chi connectivity index (χ3n) is 3.80. The molecule has 2 N–H and O–H groups in total. The lowest BCUT2D eigenvalue weighted by Crippen LogP contribution is -2.43. The van der Waals surface area contributed by atoms with Gasteiger partial charge in [-0.1, -0.05) is 19.1 Å². The van der Waals surface area contributed by atoms with Crippen molar-refractivity contribution >= 4 is 28.7 Å². The quantitative estimate of drug-likeness (QED) is 0.764. The minimum Gasteiger partial charge on any atom is -0.325 e. The Morgan fingerprint density at radius 2 is 2.13 bits per heavy atom. The Morgan fingerprint density at radius 1 is 1.35 bits per heavy atom. The van der Waals surface area contributed by atoms with Crippen LogP contribution in [0.5, 0.6) is 0 Å². The standard InChI is InChI=1S/C17H21N3O2S/c1-4-17(3,16-18-8-9-23-16)19-11-15(22)20-14-7-5-6-13(10-14)12(2)21/h5-10,19H,4,11H2,1-3H3,(H,20,22)/t17-/m0/s1. The number of Topliss-reactive ketones (excluding diaryl/α,β-unsaturated/α-hetero) is 1. The minimum absolute atomic E-state index is 0.0263. The number of nitrogens with zero attached hydrogens (tertiary/aromatic N) is 1. The van der Waals surface area contributed by atoms with Crippen molar-refractivity contribution in [2.45, 2.75) is 32.7 Å². The zero-order chi connectivity index (χ0) is 16.9. The van der Waals surface area contributed by atoms with Gasteiger partial charge in [-0.3, -0.25) is 14.9 Å².